The van der Waals surface area contributed by atoms with E-state index >= 15 is 0 Å². The van der Waals surface area contributed by atoms with Crippen molar-refractivity contribution < 1.29 is 9.18 Å². The third-order valence-corrected chi connectivity index (χ3v) is 4.43. The van der Waals surface area contributed by atoms with Crippen LogP contribution in [0.25, 0.3) is 0 Å². The number of urea groups is 1. The first kappa shape index (κ1) is 17.7. The van der Waals surface area contributed by atoms with Crippen LogP contribution in [0.4, 0.5) is 9.18 Å². The Labute approximate surface area is 138 Å². The van der Waals surface area contributed by atoms with E-state index in [0.29, 0.717) is 13.1 Å². The molecule has 0 unspecified atom stereocenters. The van der Waals surface area contributed by atoms with Crippen LogP contribution in [0.5, 0.6) is 0 Å². The lowest BCUT2D eigenvalue weighted by molar-refractivity contribution is 0.189. The molecule has 0 spiro atoms. The van der Waals surface area contributed by atoms with Crippen molar-refractivity contribution in [3.63, 3.8) is 0 Å². The van der Waals surface area contributed by atoms with Crippen LogP contribution in [0.2, 0.25) is 0 Å². The van der Waals surface area contributed by atoms with Gasteiger partial charge in [0.2, 0.25) is 0 Å². The number of benzene rings is 1. The first-order valence-electron chi connectivity index (χ1n) is 8.62. The summed E-state index contributed by atoms with van der Waals surface area (Å²) in [6, 6.07) is 5.98. The number of piperidine rings is 1. The minimum absolute atomic E-state index is 0.166. The minimum Gasteiger partial charge on any atom is -0.338 e. The zero-order valence-corrected chi connectivity index (χ0v) is 14.0. The Morgan fingerprint density at radius 3 is 2.57 bits per heavy atom. The Hall–Kier alpha value is -1.62. The highest BCUT2D eigenvalue weighted by Gasteiger charge is 2.14. The molecule has 2 amide bonds. The van der Waals surface area contributed by atoms with Crippen LogP contribution >= 0.6 is 0 Å². The lowest BCUT2D eigenvalue weighted by atomic mass is 9.99. The molecule has 1 aliphatic heterocycles. The van der Waals surface area contributed by atoms with Gasteiger partial charge in [-0.15, -0.1) is 0 Å². The predicted molar refractivity (Wildman–Crippen MR) is 90.7 cm³/mol. The molecule has 23 heavy (non-hydrogen) atoms. The number of halogens is 1. The van der Waals surface area contributed by atoms with Crippen molar-refractivity contribution in [1.29, 1.82) is 0 Å². The molecule has 1 heterocycles. The van der Waals surface area contributed by atoms with Gasteiger partial charge in [-0.2, -0.15) is 0 Å². The SMILES string of the molecule is CC1CCN(CCCCNC(=O)NCc2ccc(F)cc2)CC1. The summed E-state index contributed by atoms with van der Waals surface area (Å²) in [6.45, 7) is 6.99. The fourth-order valence-corrected chi connectivity index (χ4v) is 2.80. The van der Waals surface area contributed by atoms with Gasteiger partial charge in [-0.3, -0.25) is 0 Å². The van der Waals surface area contributed by atoms with Crippen LogP contribution in [0.1, 0.15) is 38.2 Å². The Morgan fingerprint density at radius 2 is 1.87 bits per heavy atom. The van der Waals surface area contributed by atoms with E-state index < -0.39 is 0 Å². The van der Waals surface area contributed by atoms with E-state index in [0.717, 1.165) is 30.9 Å². The van der Waals surface area contributed by atoms with Gasteiger partial charge in [0.25, 0.3) is 0 Å². The normalized spacial score (nSPS) is 16.3. The Bertz CT molecular complexity index is 470. The number of unbranched alkanes of at least 4 members (excludes halogenated alkanes) is 1. The molecule has 0 atom stereocenters. The quantitative estimate of drug-likeness (QED) is 0.758. The van der Waals surface area contributed by atoms with Crippen LogP contribution in [-0.4, -0.2) is 37.1 Å². The molecule has 0 radical (unpaired) electrons. The lowest BCUT2D eigenvalue weighted by Crippen LogP contribution is -2.36. The third kappa shape index (κ3) is 6.99. The number of rotatable bonds is 7. The van der Waals surface area contributed by atoms with Crippen LogP contribution in [0, 0.1) is 11.7 Å². The van der Waals surface area contributed by atoms with E-state index in [2.05, 4.69) is 22.5 Å². The second-order valence-corrected chi connectivity index (χ2v) is 6.47. The molecule has 5 heteroatoms. The average molecular weight is 321 g/mol. The first-order valence-corrected chi connectivity index (χ1v) is 8.62. The molecule has 2 N–H and O–H groups in total. The van der Waals surface area contributed by atoms with E-state index in [-0.39, 0.29) is 11.8 Å². The van der Waals surface area contributed by atoms with Crippen molar-refractivity contribution in [3.8, 4) is 0 Å². The van der Waals surface area contributed by atoms with Crippen molar-refractivity contribution in [1.82, 2.24) is 15.5 Å². The van der Waals surface area contributed by atoms with Crippen LogP contribution < -0.4 is 10.6 Å². The number of carbonyl (C=O) groups is 1. The number of hydrogen-bond acceptors (Lipinski definition) is 2. The number of amides is 2. The lowest BCUT2D eigenvalue weighted by Gasteiger charge is -2.30. The van der Waals surface area contributed by atoms with E-state index in [9.17, 15) is 9.18 Å². The predicted octanol–water partition coefficient (Wildman–Crippen LogP) is 3.14. The molecule has 1 aromatic rings. The standard InChI is InChI=1S/C18H28FN3O/c1-15-8-12-22(13-9-15)11-3-2-10-20-18(23)21-14-16-4-6-17(19)7-5-16/h4-7,15H,2-3,8-14H2,1H3,(H2,20,21,23). The number of nitrogens with one attached hydrogen (secondary N) is 2. The van der Waals surface area contributed by atoms with Gasteiger partial charge in [-0.05, 0) is 68.9 Å². The van der Waals surface area contributed by atoms with Gasteiger partial charge in [0.05, 0.1) is 0 Å². The number of likely N-dealkylation sites (tertiary alicyclic amines) is 1. The molecule has 128 valence electrons. The fourth-order valence-electron chi connectivity index (χ4n) is 2.80. The molecular formula is C18H28FN3O. The topological polar surface area (TPSA) is 44.4 Å². The van der Waals surface area contributed by atoms with Gasteiger partial charge < -0.3 is 15.5 Å². The molecule has 0 aliphatic carbocycles. The van der Waals surface area contributed by atoms with Gasteiger partial charge in [-0.1, -0.05) is 19.1 Å². The number of hydrogen-bond donors (Lipinski definition) is 2. The molecule has 1 aliphatic rings. The highest BCUT2D eigenvalue weighted by Crippen LogP contribution is 2.15. The van der Waals surface area contributed by atoms with E-state index in [4.69, 9.17) is 0 Å². The van der Waals surface area contributed by atoms with Crippen molar-refractivity contribution in [3.05, 3.63) is 35.6 Å². The average Bonchev–Trinajstić information content (AvgIpc) is 2.56. The molecule has 2 rings (SSSR count). The van der Waals surface area contributed by atoms with Crippen LogP contribution in [0.15, 0.2) is 24.3 Å². The van der Waals surface area contributed by atoms with Crippen molar-refractivity contribution in [2.45, 2.75) is 39.2 Å². The van der Waals surface area contributed by atoms with Crippen LogP contribution in [0.3, 0.4) is 0 Å². The molecule has 1 fully saturated rings. The van der Waals surface area contributed by atoms with E-state index in [1.165, 1.54) is 38.1 Å². The van der Waals surface area contributed by atoms with Crippen molar-refractivity contribution >= 4 is 6.03 Å². The number of nitrogens with zero attached hydrogens (tertiary/aromatic N) is 1. The largest absolute Gasteiger partial charge is 0.338 e. The van der Waals surface area contributed by atoms with Gasteiger partial charge in [0.15, 0.2) is 0 Å². The maximum atomic E-state index is 12.8. The zero-order chi connectivity index (χ0) is 16.5. The van der Waals surface area contributed by atoms with Gasteiger partial charge in [0, 0.05) is 13.1 Å². The second kappa shape index (κ2) is 9.50. The summed E-state index contributed by atoms with van der Waals surface area (Å²) in [5.41, 5.74) is 0.890. The summed E-state index contributed by atoms with van der Waals surface area (Å²) in [4.78, 5) is 14.2. The third-order valence-electron chi connectivity index (χ3n) is 4.43. The van der Waals surface area contributed by atoms with Crippen LogP contribution in [-0.2, 0) is 6.54 Å². The molecule has 0 aromatic heterocycles. The Kier molecular flexibility index (Phi) is 7.33. The summed E-state index contributed by atoms with van der Waals surface area (Å²) in [7, 11) is 0. The summed E-state index contributed by atoms with van der Waals surface area (Å²) in [5, 5.41) is 5.65. The van der Waals surface area contributed by atoms with E-state index in [1.54, 1.807) is 12.1 Å². The van der Waals surface area contributed by atoms with Crippen molar-refractivity contribution in [2.75, 3.05) is 26.2 Å². The summed E-state index contributed by atoms with van der Waals surface area (Å²) < 4.78 is 12.8. The molecule has 1 saturated heterocycles. The smallest absolute Gasteiger partial charge is 0.315 e. The molecule has 1 aromatic carbocycles. The first-order chi connectivity index (χ1) is 11.1. The molecule has 0 saturated carbocycles. The highest BCUT2D eigenvalue weighted by atomic mass is 19.1. The van der Waals surface area contributed by atoms with Gasteiger partial charge in [0.1, 0.15) is 5.82 Å². The Morgan fingerprint density at radius 1 is 1.17 bits per heavy atom. The summed E-state index contributed by atoms with van der Waals surface area (Å²) >= 11 is 0. The number of carbonyl (C=O) groups excluding carboxylic acids is 1. The fraction of sp³-hybridized carbons (Fsp3) is 0.611. The van der Waals surface area contributed by atoms with Gasteiger partial charge >= 0.3 is 6.03 Å². The molecule has 4 nitrogen and oxygen atoms in total. The maximum absolute atomic E-state index is 12.8. The molecular weight excluding hydrogens is 293 g/mol. The maximum Gasteiger partial charge on any atom is 0.315 e. The zero-order valence-electron chi connectivity index (χ0n) is 14.0. The second-order valence-electron chi connectivity index (χ2n) is 6.47. The summed E-state index contributed by atoms with van der Waals surface area (Å²) in [5.74, 6) is 0.610. The van der Waals surface area contributed by atoms with Gasteiger partial charge in [-0.25, -0.2) is 9.18 Å². The highest BCUT2D eigenvalue weighted by molar-refractivity contribution is 5.73. The summed E-state index contributed by atoms with van der Waals surface area (Å²) in [6.07, 6.45) is 4.73. The monoisotopic (exact) mass is 321 g/mol. The van der Waals surface area contributed by atoms with E-state index in [1.807, 2.05) is 0 Å². The Balaban J connectivity index is 1.49. The van der Waals surface area contributed by atoms with Crippen molar-refractivity contribution in [2.24, 2.45) is 5.92 Å². The molecule has 0 bridgehead atoms. The minimum atomic E-state index is -0.263.